The minimum absolute atomic E-state index is 0.0722. The Morgan fingerprint density at radius 3 is 2.46 bits per heavy atom. The third-order valence-corrected chi connectivity index (χ3v) is 4.52. The van der Waals surface area contributed by atoms with E-state index >= 15 is 0 Å². The molecule has 1 aromatic carbocycles. The molecule has 1 aliphatic rings. The maximum atomic E-state index is 12.4. The molecule has 2 rings (SSSR count). The largest absolute Gasteiger partial charge is 0.453 e. The van der Waals surface area contributed by atoms with Crippen molar-refractivity contribution in [2.24, 2.45) is 0 Å². The summed E-state index contributed by atoms with van der Waals surface area (Å²) in [6.45, 7) is 0.0759. The van der Waals surface area contributed by atoms with Crippen LogP contribution in [0.3, 0.4) is 0 Å². The smallest absolute Gasteiger partial charge is 0.409 e. The second-order valence-electron chi connectivity index (χ2n) is 5.77. The summed E-state index contributed by atoms with van der Waals surface area (Å²) in [7, 11) is -2.36. The zero-order valence-corrected chi connectivity index (χ0v) is 14.5. The number of carbonyl (C=O) groups excluding carboxylic acids is 2. The van der Waals surface area contributed by atoms with E-state index in [2.05, 4.69) is 0 Å². The zero-order valence-electron chi connectivity index (χ0n) is 13.7. The van der Waals surface area contributed by atoms with Gasteiger partial charge in [0, 0.05) is 18.0 Å². The van der Waals surface area contributed by atoms with E-state index in [1.54, 1.807) is 24.3 Å². The van der Waals surface area contributed by atoms with Crippen LogP contribution >= 0.6 is 0 Å². The number of likely N-dealkylation sites (tertiary alicyclic amines) is 1. The molecule has 132 valence electrons. The Labute approximate surface area is 141 Å². The Kier molecular flexibility index (Phi) is 5.95. The molecule has 1 heterocycles. The van der Waals surface area contributed by atoms with E-state index in [0.717, 1.165) is 6.26 Å². The van der Waals surface area contributed by atoms with Crippen LogP contribution in [-0.4, -0.2) is 57.3 Å². The highest BCUT2D eigenvalue weighted by molar-refractivity contribution is 7.86. The normalized spacial score (nSPS) is 21.3. The van der Waals surface area contributed by atoms with Crippen LogP contribution in [0.2, 0.25) is 0 Å². The quantitative estimate of drug-likeness (QED) is 0.591. The molecule has 24 heavy (non-hydrogen) atoms. The average molecular weight is 355 g/mol. The third kappa shape index (κ3) is 5.04. The average Bonchev–Trinajstić information content (AvgIpc) is 2.55. The monoisotopic (exact) mass is 355 g/mol. The van der Waals surface area contributed by atoms with E-state index in [-0.39, 0.29) is 24.8 Å². The molecule has 1 aliphatic heterocycles. The summed E-state index contributed by atoms with van der Waals surface area (Å²) in [5, 5.41) is 0. The lowest BCUT2D eigenvalue weighted by Crippen LogP contribution is -2.50. The zero-order chi connectivity index (χ0) is 17.7. The summed E-state index contributed by atoms with van der Waals surface area (Å²) in [6.07, 6.45) is 0.830. The van der Waals surface area contributed by atoms with Crippen molar-refractivity contribution in [1.29, 1.82) is 0 Å². The highest BCUT2D eigenvalue weighted by Crippen LogP contribution is 2.25. The van der Waals surface area contributed by atoms with Crippen molar-refractivity contribution in [1.82, 2.24) is 4.90 Å². The Morgan fingerprint density at radius 2 is 1.88 bits per heavy atom. The van der Waals surface area contributed by atoms with Crippen molar-refractivity contribution < 1.29 is 26.9 Å². The van der Waals surface area contributed by atoms with Crippen LogP contribution in [0.5, 0.6) is 0 Å². The third-order valence-electron chi connectivity index (χ3n) is 3.90. The van der Waals surface area contributed by atoms with Gasteiger partial charge >= 0.3 is 6.09 Å². The van der Waals surface area contributed by atoms with Crippen molar-refractivity contribution in [3.63, 3.8) is 0 Å². The number of hydrogen-bond donors (Lipinski definition) is 0. The van der Waals surface area contributed by atoms with Crippen molar-refractivity contribution in [3.8, 4) is 0 Å². The van der Waals surface area contributed by atoms with Crippen LogP contribution < -0.4 is 0 Å². The van der Waals surface area contributed by atoms with Crippen LogP contribution in [0.1, 0.15) is 29.6 Å². The van der Waals surface area contributed by atoms with E-state index in [9.17, 15) is 18.0 Å². The topological polar surface area (TPSA) is 90.0 Å². The van der Waals surface area contributed by atoms with E-state index < -0.39 is 22.3 Å². The van der Waals surface area contributed by atoms with Gasteiger partial charge in [-0.25, -0.2) is 4.79 Å². The van der Waals surface area contributed by atoms with E-state index in [1.165, 1.54) is 12.0 Å². The SMILES string of the molecule is COC(=O)N1C[C@@H](OS(C)(=O)=O)CC[C@@H]1CC(=O)c1ccccc1. The van der Waals surface area contributed by atoms with Gasteiger partial charge in [0.25, 0.3) is 10.1 Å². The van der Waals surface area contributed by atoms with Gasteiger partial charge in [-0.2, -0.15) is 8.42 Å². The predicted molar refractivity (Wildman–Crippen MR) is 87.2 cm³/mol. The summed E-state index contributed by atoms with van der Waals surface area (Å²) in [4.78, 5) is 25.7. The fraction of sp³-hybridized carbons (Fsp3) is 0.500. The first-order chi connectivity index (χ1) is 11.3. The van der Waals surface area contributed by atoms with Gasteiger partial charge in [-0.3, -0.25) is 8.98 Å². The Morgan fingerprint density at radius 1 is 1.21 bits per heavy atom. The molecule has 1 saturated heterocycles. The molecule has 0 aromatic heterocycles. The highest BCUT2D eigenvalue weighted by atomic mass is 32.2. The number of amides is 1. The Hall–Kier alpha value is -1.93. The van der Waals surface area contributed by atoms with Crippen molar-refractivity contribution in [3.05, 3.63) is 35.9 Å². The molecular weight excluding hydrogens is 334 g/mol. The number of ketones is 1. The summed E-state index contributed by atoms with van der Waals surface area (Å²) in [5.74, 6) is -0.0722. The van der Waals surface area contributed by atoms with Gasteiger partial charge in [0.2, 0.25) is 0 Å². The van der Waals surface area contributed by atoms with Gasteiger partial charge in [-0.05, 0) is 12.8 Å². The number of ether oxygens (including phenoxy) is 1. The summed E-state index contributed by atoms with van der Waals surface area (Å²) in [6, 6.07) is 8.49. The number of piperidine rings is 1. The second kappa shape index (κ2) is 7.76. The molecule has 0 unspecified atom stereocenters. The molecule has 0 bridgehead atoms. The van der Waals surface area contributed by atoms with Crippen LogP contribution in [0.4, 0.5) is 4.79 Å². The van der Waals surface area contributed by atoms with E-state index in [4.69, 9.17) is 8.92 Å². The molecule has 0 aliphatic carbocycles. The van der Waals surface area contributed by atoms with Crippen LogP contribution in [0.15, 0.2) is 30.3 Å². The van der Waals surface area contributed by atoms with Crippen molar-refractivity contribution >= 4 is 22.0 Å². The summed E-state index contributed by atoms with van der Waals surface area (Å²) in [5.41, 5.74) is 0.580. The second-order valence-corrected chi connectivity index (χ2v) is 7.37. The summed E-state index contributed by atoms with van der Waals surface area (Å²) < 4.78 is 32.3. The fourth-order valence-electron chi connectivity index (χ4n) is 2.83. The number of Topliss-reactive ketones (excluding diaryl/α,β-unsaturated/α-hetero) is 1. The first-order valence-corrected chi connectivity index (χ1v) is 9.43. The highest BCUT2D eigenvalue weighted by Gasteiger charge is 2.35. The molecule has 0 spiro atoms. The van der Waals surface area contributed by atoms with Crippen LogP contribution in [0.25, 0.3) is 0 Å². The Bertz CT molecular complexity index is 688. The minimum Gasteiger partial charge on any atom is -0.453 e. The van der Waals surface area contributed by atoms with Crippen molar-refractivity contribution in [2.75, 3.05) is 19.9 Å². The number of rotatable bonds is 5. The van der Waals surface area contributed by atoms with Gasteiger partial charge in [-0.15, -0.1) is 0 Å². The molecular formula is C16H21NO6S. The van der Waals surface area contributed by atoms with E-state index in [1.807, 2.05) is 6.07 Å². The standard InChI is InChI=1S/C16H21NO6S/c1-22-16(19)17-11-14(23-24(2,20)21)9-8-13(17)10-15(18)12-6-4-3-5-7-12/h3-7,13-14H,8-11H2,1-2H3/t13-,14+/m1/s1. The molecule has 8 heteroatoms. The minimum atomic E-state index is -3.61. The molecule has 2 atom stereocenters. The number of nitrogens with zero attached hydrogens (tertiary/aromatic N) is 1. The number of carbonyl (C=O) groups is 2. The first kappa shape index (κ1) is 18.4. The number of hydrogen-bond acceptors (Lipinski definition) is 6. The number of methoxy groups -OCH3 is 1. The van der Waals surface area contributed by atoms with Gasteiger partial charge in [-0.1, -0.05) is 30.3 Å². The molecule has 1 fully saturated rings. The number of benzene rings is 1. The molecule has 1 aromatic rings. The molecule has 0 radical (unpaired) electrons. The molecule has 0 N–H and O–H groups in total. The van der Waals surface area contributed by atoms with Gasteiger partial charge in [0.05, 0.1) is 26.0 Å². The van der Waals surface area contributed by atoms with Gasteiger partial charge in [0.1, 0.15) is 0 Å². The maximum absolute atomic E-state index is 12.4. The lowest BCUT2D eigenvalue weighted by atomic mass is 9.94. The van der Waals surface area contributed by atoms with Crippen molar-refractivity contribution in [2.45, 2.75) is 31.4 Å². The first-order valence-electron chi connectivity index (χ1n) is 7.61. The van der Waals surface area contributed by atoms with Crippen LogP contribution in [0, 0.1) is 0 Å². The molecule has 1 amide bonds. The van der Waals surface area contributed by atoms with Crippen LogP contribution in [-0.2, 0) is 19.0 Å². The van der Waals surface area contributed by atoms with Gasteiger partial charge < -0.3 is 9.64 Å². The van der Waals surface area contributed by atoms with E-state index in [0.29, 0.717) is 18.4 Å². The Balaban J connectivity index is 2.08. The molecule has 0 saturated carbocycles. The maximum Gasteiger partial charge on any atom is 0.409 e. The lowest BCUT2D eigenvalue weighted by molar-refractivity contribution is 0.0400. The summed E-state index contributed by atoms with van der Waals surface area (Å²) >= 11 is 0. The predicted octanol–water partition coefficient (Wildman–Crippen LogP) is 1.83. The lowest BCUT2D eigenvalue weighted by Gasteiger charge is -2.37. The molecule has 7 nitrogen and oxygen atoms in total. The fourth-order valence-corrected chi connectivity index (χ4v) is 3.48. The van der Waals surface area contributed by atoms with Gasteiger partial charge in [0.15, 0.2) is 5.78 Å².